The van der Waals surface area contributed by atoms with Crippen LogP contribution in [0.3, 0.4) is 0 Å². The number of anilines is 1. The zero-order valence-electron chi connectivity index (χ0n) is 15.3. The summed E-state index contributed by atoms with van der Waals surface area (Å²) >= 11 is 2.02. The first kappa shape index (κ1) is 17.9. The molecule has 0 spiro atoms. The lowest BCUT2D eigenvalue weighted by atomic mass is 10.1. The average molecular weight is 379 g/mol. The Morgan fingerprint density at radius 2 is 2.00 bits per heavy atom. The molecular weight excluding hydrogens is 356 g/mol. The van der Waals surface area contributed by atoms with E-state index in [2.05, 4.69) is 32.3 Å². The second-order valence-electron chi connectivity index (χ2n) is 6.72. The molecule has 1 aromatic carbocycles. The fraction of sp³-hybridized carbons (Fsp3) is 0.286. The van der Waals surface area contributed by atoms with Gasteiger partial charge in [-0.25, -0.2) is 0 Å². The maximum Gasteiger partial charge on any atom is 0.274 e. The highest BCUT2D eigenvalue weighted by Crippen LogP contribution is 2.21. The van der Waals surface area contributed by atoms with Crippen LogP contribution >= 0.6 is 11.8 Å². The normalized spacial score (nSPS) is 15.0. The highest BCUT2D eigenvalue weighted by Gasteiger charge is 2.15. The number of nitrogens with one attached hydrogen (secondary N) is 1. The lowest BCUT2D eigenvalue weighted by Crippen LogP contribution is -2.31. The van der Waals surface area contributed by atoms with Crippen LogP contribution in [0.25, 0.3) is 10.9 Å². The van der Waals surface area contributed by atoms with Gasteiger partial charge in [0.15, 0.2) is 0 Å². The number of aromatic nitrogens is 2. The van der Waals surface area contributed by atoms with Crippen LogP contribution in [0.1, 0.15) is 21.6 Å². The Hall–Kier alpha value is -2.44. The second kappa shape index (κ2) is 8.06. The molecule has 1 fully saturated rings. The number of pyridine rings is 2. The van der Waals surface area contributed by atoms with Crippen molar-refractivity contribution < 1.29 is 4.79 Å². The van der Waals surface area contributed by atoms with Gasteiger partial charge in [-0.1, -0.05) is 12.1 Å². The number of nitrogens with zero attached hydrogens (tertiary/aromatic N) is 3. The fourth-order valence-electron chi connectivity index (χ4n) is 3.35. The minimum Gasteiger partial charge on any atom is -0.320 e. The van der Waals surface area contributed by atoms with Gasteiger partial charge in [0, 0.05) is 54.6 Å². The van der Waals surface area contributed by atoms with E-state index in [-0.39, 0.29) is 5.91 Å². The Kier molecular flexibility index (Phi) is 5.36. The molecule has 27 heavy (non-hydrogen) atoms. The van der Waals surface area contributed by atoms with E-state index in [4.69, 9.17) is 0 Å². The first-order valence-electron chi connectivity index (χ1n) is 9.11. The van der Waals surface area contributed by atoms with Crippen LogP contribution < -0.4 is 5.32 Å². The van der Waals surface area contributed by atoms with Gasteiger partial charge in [0.25, 0.3) is 5.91 Å². The standard InChI is InChI=1S/C21H22N4OS/c1-15-13-16(14-25-9-11-27-12-10-25)4-5-18(15)24-21(26)20-17-3-2-7-22-19(17)6-8-23-20/h2-8,13H,9-12,14H2,1H3,(H,24,26). The molecule has 3 aromatic rings. The predicted octanol–water partition coefficient (Wildman–Crippen LogP) is 3.74. The summed E-state index contributed by atoms with van der Waals surface area (Å²) < 4.78 is 0. The summed E-state index contributed by atoms with van der Waals surface area (Å²) in [4.78, 5) is 23.8. The number of fused-ring (bicyclic) bond motifs is 1. The largest absolute Gasteiger partial charge is 0.320 e. The summed E-state index contributed by atoms with van der Waals surface area (Å²) in [6, 6.07) is 11.8. The maximum absolute atomic E-state index is 12.8. The lowest BCUT2D eigenvalue weighted by Gasteiger charge is -2.26. The van der Waals surface area contributed by atoms with Crippen molar-refractivity contribution in [3.05, 3.63) is 65.6 Å². The molecule has 5 nitrogen and oxygen atoms in total. The molecule has 4 rings (SSSR count). The van der Waals surface area contributed by atoms with E-state index in [1.807, 2.05) is 43.0 Å². The van der Waals surface area contributed by atoms with E-state index in [1.165, 1.54) is 17.1 Å². The smallest absolute Gasteiger partial charge is 0.274 e. The van der Waals surface area contributed by atoms with E-state index < -0.39 is 0 Å². The van der Waals surface area contributed by atoms with Gasteiger partial charge in [0.1, 0.15) is 5.69 Å². The van der Waals surface area contributed by atoms with Gasteiger partial charge in [-0.05, 0) is 42.3 Å². The zero-order valence-corrected chi connectivity index (χ0v) is 16.1. The first-order chi connectivity index (χ1) is 13.2. The van der Waals surface area contributed by atoms with Gasteiger partial charge >= 0.3 is 0 Å². The number of amides is 1. The predicted molar refractivity (Wildman–Crippen MR) is 111 cm³/mol. The number of benzene rings is 1. The van der Waals surface area contributed by atoms with Crippen LogP contribution in [0.4, 0.5) is 5.69 Å². The summed E-state index contributed by atoms with van der Waals surface area (Å²) in [6.45, 7) is 5.28. The summed E-state index contributed by atoms with van der Waals surface area (Å²) in [5.74, 6) is 2.21. The molecule has 3 heterocycles. The summed E-state index contributed by atoms with van der Waals surface area (Å²) in [6.07, 6.45) is 3.34. The van der Waals surface area contributed by atoms with Crippen molar-refractivity contribution in [3.8, 4) is 0 Å². The van der Waals surface area contributed by atoms with Gasteiger partial charge in [0.05, 0.1) is 5.52 Å². The van der Waals surface area contributed by atoms with Gasteiger partial charge in [-0.15, -0.1) is 0 Å². The molecule has 1 aliphatic heterocycles. The molecule has 0 unspecified atom stereocenters. The Bertz CT molecular complexity index is 964. The third kappa shape index (κ3) is 4.12. The number of carbonyl (C=O) groups is 1. The molecule has 1 saturated heterocycles. The molecule has 0 aliphatic carbocycles. The van der Waals surface area contributed by atoms with Gasteiger partial charge in [0.2, 0.25) is 0 Å². The Labute approximate surface area is 163 Å². The number of hydrogen-bond acceptors (Lipinski definition) is 5. The highest BCUT2D eigenvalue weighted by atomic mass is 32.2. The topological polar surface area (TPSA) is 58.1 Å². The van der Waals surface area contributed by atoms with Crippen LogP contribution in [0, 0.1) is 6.92 Å². The van der Waals surface area contributed by atoms with E-state index in [1.54, 1.807) is 12.4 Å². The van der Waals surface area contributed by atoms with Crippen molar-refractivity contribution in [2.24, 2.45) is 0 Å². The summed E-state index contributed by atoms with van der Waals surface area (Å²) in [5.41, 5.74) is 4.33. The van der Waals surface area contributed by atoms with E-state index in [9.17, 15) is 4.79 Å². The van der Waals surface area contributed by atoms with Crippen molar-refractivity contribution in [3.63, 3.8) is 0 Å². The molecule has 0 atom stereocenters. The molecular formula is C21H22N4OS. The third-order valence-corrected chi connectivity index (χ3v) is 5.74. The van der Waals surface area contributed by atoms with Gasteiger partial charge in [-0.2, -0.15) is 11.8 Å². The van der Waals surface area contributed by atoms with Crippen LogP contribution in [0.5, 0.6) is 0 Å². The molecule has 2 aromatic heterocycles. The first-order valence-corrected chi connectivity index (χ1v) is 10.3. The molecule has 0 radical (unpaired) electrons. The van der Waals surface area contributed by atoms with Crippen LogP contribution in [0.15, 0.2) is 48.8 Å². The van der Waals surface area contributed by atoms with Crippen LogP contribution in [0.2, 0.25) is 0 Å². The third-order valence-electron chi connectivity index (χ3n) is 4.79. The SMILES string of the molecule is Cc1cc(CN2CCSCC2)ccc1NC(=O)c1nccc2ncccc12. The monoisotopic (exact) mass is 378 g/mol. The van der Waals surface area contributed by atoms with Crippen LogP contribution in [-0.4, -0.2) is 45.4 Å². The lowest BCUT2D eigenvalue weighted by molar-refractivity contribution is 0.102. The second-order valence-corrected chi connectivity index (χ2v) is 7.95. The van der Waals surface area contributed by atoms with E-state index >= 15 is 0 Å². The van der Waals surface area contributed by atoms with Crippen molar-refractivity contribution in [2.75, 3.05) is 29.9 Å². The van der Waals surface area contributed by atoms with E-state index in [0.717, 1.165) is 41.8 Å². The van der Waals surface area contributed by atoms with Crippen molar-refractivity contribution >= 4 is 34.3 Å². The summed E-state index contributed by atoms with van der Waals surface area (Å²) in [5, 5.41) is 3.76. The van der Waals surface area contributed by atoms with Crippen LogP contribution in [-0.2, 0) is 6.54 Å². The van der Waals surface area contributed by atoms with Crippen molar-refractivity contribution in [1.29, 1.82) is 0 Å². The highest BCUT2D eigenvalue weighted by molar-refractivity contribution is 7.99. The molecule has 1 N–H and O–H groups in total. The van der Waals surface area contributed by atoms with Gasteiger partial charge in [-0.3, -0.25) is 19.7 Å². The minimum absolute atomic E-state index is 0.211. The van der Waals surface area contributed by atoms with Crippen molar-refractivity contribution in [1.82, 2.24) is 14.9 Å². The fourth-order valence-corrected chi connectivity index (χ4v) is 4.33. The molecule has 0 bridgehead atoms. The van der Waals surface area contributed by atoms with E-state index in [0.29, 0.717) is 5.69 Å². The molecule has 6 heteroatoms. The number of hydrogen-bond donors (Lipinski definition) is 1. The number of thioether (sulfide) groups is 1. The zero-order chi connectivity index (χ0) is 18.6. The van der Waals surface area contributed by atoms with Gasteiger partial charge < -0.3 is 5.32 Å². The maximum atomic E-state index is 12.8. The summed E-state index contributed by atoms with van der Waals surface area (Å²) in [7, 11) is 0. The number of rotatable bonds is 4. The molecule has 1 aliphatic rings. The molecule has 0 saturated carbocycles. The average Bonchev–Trinajstić information content (AvgIpc) is 2.70. The quantitative estimate of drug-likeness (QED) is 0.749. The number of carbonyl (C=O) groups excluding carboxylic acids is 1. The Balaban J connectivity index is 1.51. The minimum atomic E-state index is -0.211. The molecule has 1 amide bonds. The Morgan fingerprint density at radius 1 is 1.15 bits per heavy atom. The molecule has 138 valence electrons. The van der Waals surface area contributed by atoms with Crippen molar-refractivity contribution in [2.45, 2.75) is 13.5 Å². The Morgan fingerprint density at radius 3 is 2.81 bits per heavy atom. The number of aryl methyl sites for hydroxylation is 1.